The molecule has 3 aromatic rings. The zero-order valence-electron chi connectivity index (χ0n) is 15.7. The number of fused-ring (bicyclic) bond motifs is 1. The molecule has 0 atom stereocenters. The predicted molar refractivity (Wildman–Crippen MR) is 115 cm³/mol. The van der Waals surface area contributed by atoms with E-state index in [2.05, 4.69) is 0 Å². The average Bonchev–Trinajstić information content (AvgIpc) is 3.17. The number of anilines is 2. The Labute approximate surface area is 175 Å². The van der Waals surface area contributed by atoms with Crippen LogP contribution < -0.4 is 9.21 Å². The first kappa shape index (κ1) is 19.5. The third-order valence-electron chi connectivity index (χ3n) is 5.06. The van der Waals surface area contributed by atoms with Gasteiger partial charge < -0.3 is 4.90 Å². The lowest BCUT2D eigenvalue weighted by atomic mass is 10.1. The van der Waals surface area contributed by atoms with Crippen LogP contribution in [0.4, 0.5) is 11.4 Å². The third-order valence-corrected chi connectivity index (χ3v) is 7.11. The first-order valence-corrected chi connectivity index (χ1v) is 10.9. The minimum Gasteiger partial charge on any atom is -0.308 e. The molecular weight excluding hydrogens is 408 g/mol. The summed E-state index contributed by atoms with van der Waals surface area (Å²) < 4.78 is 27.0. The number of carbonyl (C=O) groups is 1. The van der Waals surface area contributed by atoms with Gasteiger partial charge >= 0.3 is 0 Å². The Morgan fingerprint density at radius 1 is 1.00 bits per heavy atom. The fourth-order valence-corrected chi connectivity index (χ4v) is 4.76. The fraction of sp³-hybridized carbons (Fsp3) is 0.136. The summed E-state index contributed by atoms with van der Waals surface area (Å²) >= 11 is 5.86. The molecule has 0 bridgehead atoms. The van der Waals surface area contributed by atoms with E-state index >= 15 is 0 Å². The number of hydrogen-bond acceptors (Lipinski definition) is 3. The second-order valence-corrected chi connectivity index (χ2v) is 9.22. The lowest BCUT2D eigenvalue weighted by Gasteiger charge is -2.21. The van der Waals surface area contributed by atoms with Crippen LogP contribution in [0.1, 0.15) is 15.9 Å². The second kappa shape index (κ2) is 7.54. The molecule has 0 aliphatic carbocycles. The van der Waals surface area contributed by atoms with E-state index in [0.717, 1.165) is 17.7 Å². The van der Waals surface area contributed by atoms with Crippen molar-refractivity contribution in [1.29, 1.82) is 0 Å². The van der Waals surface area contributed by atoms with Gasteiger partial charge in [0.2, 0.25) is 0 Å². The summed E-state index contributed by atoms with van der Waals surface area (Å²) in [6, 6.07) is 20.5. The minimum atomic E-state index is -3.77. The van der Waals surface area contributed by atoms with Gasteiger partial charge in [0.1, 0.15) is 0 Å². The van der Waals surface area contributed by atoms with Gasteiger partial charge in [-0.05, 0) is 60.5 Å². The zero-order chi connectivity index (χ0) is 20.6. The van der Waals surface area contributed by atoms with Gasteiger partial charge in [0.15, 0.2) is 0 Å². The number of hydrogen-bond donors (Lipinski definition) is 0. The topological polar surface area (TPSA) is 57.7 Å². The maximum absolute atomic E-state index is 13.1. The van der Waals surface area contributed by atoms with Crippen molar-refractivity contribution in [3.63, 3.8) is 0 Å². The van der Waals surface area contributed by atoms with E-state index in [4.69, 9.17) is 11.6 Å². The Kier molecular flexibility index (Phi) is 5.06. The van der Waals surface area contributed by atoms with Crippen LogP contribution in [0, 0.1) is 0 Å². The third kappa shape index (κ3) is 3.61. The molecule has 3 aromatic carbocycles. The van der Waals surface area contributed by atoms with E-state index in [-0.39, 0.29) is 10.8 Å². The summed E-state index contributed by atoms with van der Waals surface area (Å²) in [7, 11) is -2.30. The molecule has 5 nitrogen and oxygen atoms in total. The molecule has 29 heavy (non-hydrogen) atoms. The van der Waals surface area contributed by atoms with Crippen molar-refractivity contribution in [2.75, 3.05) is 22.8 Å². The molecule has 0 saturated carbocycles. The number of rotatable bonds is 4. The van der Waals surface area contributed by atoms with Crippen LogP contribution in [0.2, 0.25) is 5.02 Å². The van der Waals surface area contributed by atoms with Crippen LogP contribution in [-0.2, 0) is 16.4 Å². The average molecular weight is 427 g/mol. The standard InChI is InChI=1S/C22H19ClN2O3S/c1-24(29(27,28)20-11-9-18(23)10-12-20)19-7-4-6-17(15-19)22(26)25-14-13-16-5-2-3-8-21(16)25/h2-12,15H,13-14H2,1H3. The molecule has 0 unspecified atom stereocenters. The number of carbonyl (C=O) groups excluding carboxylic acids is 1. The van der Waals surface area contributed by atoms with Crippen molar-refractivity contribution >= 4 is 38.9 Å². The molecule has 0 spiro atoms. The fourth-order valence-electron chi connectivity index (χ4n) is 3.44. The van der Waals surface area contributed by atoms with E-state index in [1.807, 2.05) is 24.3 Å². The second-order valence-electron chi connectivity index (χ2n) is 6.81. The van der Waals surface area contributed by atoms with Crippen molar-refractivity contribution in [1.82, 2.24) is 0 Å². The van der Waals surface area contributed by atoms with Gasteiger partial charge in [0.25, 0.3) is 15.9 Å². The van der Waals surface area contributed by atoms with Crippen molar-refractivity contribution < 1.29 is 13.2 Å². The van der Waals surface area contributed by atoms with Gasteiger partial charge in [-0.2, -0.15) is 0 Å². The summed E-state index contributed by atoms with van der Waals surface area (Å²) in [4.78, 5) is 15.0. The Bertz CT molecular complexity index is 1180. The van der Waals surface area contributed by atoms with Gasteiger partial charge in [-0.3, -0.25) is 9.10 Å². The van der Waals surface area contributed by atoms with Crippen LogP contribution >= 0.6 is 11.6 Å². The van der Waals surface area contributed by atoms with Gasteiger partial charge in [-0.15, -0.1) is 0 Å². The number of nitrogens with zero attached hydrogens (tertiary/aromatic N) is 2. The molecule has 1 amide bonds. The molecule has 4 rings (SSSR count). The summed E-state index contributed by atoms with van der Waals surface area (Å²) in [5.41, 5.74) is 2.90. The van der Waals surface area contributed by atoms with Crippen LogP contribution in [0.25, 0.3) is 0 Å². The summed E-state index contributed by atoms with van der Waals surface area (Å²) in [5, 5.41) is 0.463. The minimum absolute atomic E-state index is 0.134. The Morgan fingerprint density at radius 3 is 2.48 bits per heavy atom. The number of sulfonamides is 1. The molecule has 148 valence electrons. The quantitative estimate of drug-likeness (QED) is 0.622. The molecule has 1 heterocycles. The van der Waals surface area contributed by atoms with Crippen LogP contribution in [-0.4, -0.2) is 27.9 Å². The first-order chi connectivity index (χ1) is 13.9. The highest BCUT2D eigenvalue weighted by molar-refractivity contribution is 7.92. The highest BCUT2D eigenvalue weighted by Crippen LogP contribution is 2.30. The molecule has 0 fully saturated rings. The molecule has 0 saturated heterocycles. The molecule has 1 aliphatic rings. The largest absolute Gasteiger partial charge is 0.308 e. The monoisotopic (exact) mass is 426 g/mol. The first-order valence-electron chi connectivity index (χ1n) is 9.12. The lowest BCUT2D eigenvalue weighted by Crippen LogP contribution is -2.30. The molecule has 7 heteroatoms. The Balaban J connectivity index is 1.64. The van der Waals surface area contributed by atoms with E-state index in [1.165, 1.54) is 35.6 Å². The molecule has 1 aliphatic heterocycles. The summed E-state index contributed by atoms with van der Waals surface area (Å²) in [6.07, 6.45) is 0.812. The summed E-state index contributed by atoms with van der Waals surface area (Å²) in [6.45, 7) is 0.612. The number of halogens is 1. The van der Waals surface area contributed by atoms with Crippen LogP contribution in [0.15, 0.2) is 77.7 Å². The Morgan fingerprint density at radius 2 is 1.72 bits per heavy atom. The number of amides is 1. The van der Waals surface area contributed by atoms with E-state index in [9.17, 15) is 13.2 Å². The van der Waals surface area contributed by atoms with E-state index in [0.29, 0.717) is 22.8 Å². The maximum atomic E-state index is 13.1. The van der Waals surface area contributed by atoms with E-state index in [1.54, 1.807) is 29.2 Å². The Hall–Kier alpha value is -2.83. The molecule has 0 aromatic heterocycles. The van der Waals surface area contributed by atoms with Gasteiger partial charge in [0, 0.05) is 29.9 Å². The van der Waals surface area contributed by atoms with Gasteiger partial charge in [0.05, 0.1) is 10.6 Å². The normalized spacial score (nSPS) is 13.2. The number of benzene rings is 3. The number of para-hydroxylation sites is 1. The van der Waals surface area contributed by atoms with Gasteiger partial charge in [-0.25, -0.2) is 8.42 Å². The van der Waals surface area contributed by atoms with Crippen molar-refractivity contribution in [2.24, 2.45) is 0 Å². The van der Waals surface area contributed by atoms with E-state index < -0.39 is 10.0 Å². The van der Waals surface area contributed by atoms with Crippen LogP contribution in [0.3, 0.4) is 0 Å². The van der Waals surface area contributed by atoms with Gasteiger partial charge in [-0.1, -0.05) is 35.9 Å². The highest BCUT2D eigenvalue weighted by atomic mass is 35.5. The molecule has 0 radical (unpaired) electrons. The van der Waals surface area contributed by atoms with Crippen molar-refractivity contribution in [3.05, 3.63) is 88.9 Å². The SMILES string of the molecule is CN(c1cccc(C(=O)N2CCc3ccccc32)c1)S(=O)(=O)c1ccc(Cl)cc1. The zero-order valence-corrected chi connectivity index (χ0v) is 17.3. The van der Waals surface area contributed by atoms with Crippen molar-refractivity contribution in [3.8, 4) is 0 Å². The molecular formula is C22H19ClN2O3S. The van der Waals surface area contributed by atoms with Crippen molar-refractivity contribution in [2.45, 2.75) is 11.3 Å². The lowest BCUT2D eigenvalue weighted by molar-refractivity contribution is 0.0989. The molecule has 0 N–H and O–H groups in total. The van der Waals surface area contributed by atoms with Crippen LogP contribution in [0.5, 0.6) is 0 Å². The predicted octanol–water partition coefficient (Wildman–Crippen LogP) is 4.37. The smallest absolute Gasteiger partial charge is 0.264 e. The summed E-state index contributed by atoms with van der Waals surface area (Å²) in [5.74, 6) is -0.144. The highest BCUT2D eigenvalue weighted by Gasteiger charge is 2.26. The maximum Gasteiger partial charge on any atom is 0.264 e.